The number of hydrogen-bond acceptors (Lipinski definition) is 7. The minimum Gasteiger partial charge on any atom is -0.474 e. The fourth-order valence-corrected chi connectivity index (χ4v) is 6.00. The van der Waals surface area contributed by atoms with Gasteiger partial charge in [-0.05, 0) is 77.2 Å². The van der Waals surface area contributed by atoms with Crippen molar-refractivity contribution in [1.29, 1.82) is 0 Å². The molecule has 1 amide bonds. The average molecular weight is 448 g/mol. The molecule has 0 saturated heterocycles. The first-order valence-electron chi connectivity index (χ1n) is 11.3. The Morgan fingerprint density at radius 2 is 1.97 bits per heavy atom. The number of carbonyl (C=O) groups is 1. The summed E-state index contributed by atoms with van der Waals surface area (Å²) in [7, 11) is 1.82. The summed E-state index contributed by atoms with van der Waals surface area (Å²) >= 11 is 1.73. The fourth-order valence-electron chi connectivity index (χ4n) is 4.77. The van der Waals surface area contributed by atoms with Crippen LogP contribution >= 0.6 is 11.3 Å². The highest BCUT2D eigenvalue weighted by molar-refractivity contribution is 7.19. The molecule has 1 fully saturated rings. The van der Waals surface area contributed by atoms with E-state index in [2.05, 4.69) is 9.97 Å². The van der Waals surface area contributed by atoms with E-state index < -0.39 is 5.60 Å². The third kappa shape index (κ3) is 4.80. The number of aryl methyl sites for hydroxylation is 1. The Bertz CT molecular complexity index is 931. The molecule has 2 aliphatic carbocycles. The van der Waals surface area contributed by atoms with Crippen LogP contribution in [0.15, 0.2) is 6.33 Å². The molecule has 0 aromatic carbocycles. The van der Waals surface area contributed by atoms with Gasteiger partial charge in [-0.1, -0.05) is 0 Å². The van der Waals surface area contributed by atoms with Crippen molar-refractivity contribution < 1.29 is 19.4 Å². The van der Waals surface area contributed by atoms with Gasteiger partial charge in [-0.2, -0.15) is 0 Å². The second kappa shape index (κ2) is 8.90. The van der Waals surface area contributed by atoms with Crippen LogP contribution in [0.1, 0.15) is 75.7 Å². The van der Waals surface area contributed by atoms with Gasteiger partial charge in [-0.3, -0.25) is 0 Å². The third-order valence-electron chi connectivity index (χ3n) is 6.32. The smallest absolute Gasteiger partial charge is 0.410 e. The maximum absolute atomic E-state index is 12.4. The van der Waals surface area contributed by atoms with Crippen molar-refractivity contribution in [3.63, 3.8) is 0 Å². The van der Waals surface area contributed by atoms with Crippen LogP contribution in [0.2, 0.25) is 0 Å². The molecule has 1 saturated carbocycles. The highest BCUT2D eigenvalue weighted by Crippen LogP contribution is 2.47. The standard InChI is InChI=1S/C23H33N3O4S/c1-23(2,3)30-22(28)26(4)15-6-8-16(9-7-15)29-20-19-18-14(11-12-27)5-10-17(18)31-21(19)25-13-24-20/h13-16,27H,5-12H2,1-4H3. The lowest BCUT2D eigenvalue weighted by Crippen LogP contribution is -2.43. The predicted octanol–water partition coefficient (Wildman–Crippen LogP) is 4.66. The Kier molecular flexibility index (Phi) is 6.40. The maximum atomic E-state index is 12.4. The molecule has 0 bridgehead atoms. The molecular weight excluding hydrogens is 414 g/mol. The first-order chi connectivity index (χ1) is 14.8. The van der Waals surface area contributed by atoms with Crippen LogP contribution in [-0.2, 0) is 11.2 Å². The summed E-state index contributed by atoms with van der Waals surface area (Å²) in [6.07, 6.45) is 7.80. The molecule has 0 radical (unpaired) electrons. The van der Waals surface area contributed by atoms with Crippen LogP contribution in [-0.4, -0.2) is 57.5 Å². The summed E-state index contributed by atoms with van der Waals surface area (Å²) in [6, 6.07) is 0.166. The lowest BCUT2D eigenvalue weighted by Gasteiger charge is -2.35. The largest absolute Gasteiger partial charge is 0.474 e. The number of thiophene rings is 1. The third-order valence-corrected chi connectivity index (χ3v) is 7.50. The number of nitrogens with zero attached hydrogens (tertiary/aromatic N) is 3. The molecule has 8 heteroatoms. The average Bonchev–Trinajstić information content (AvgIpc) is 3.27. The summed E-state index contributed by atoms with van der Waals surface area (Å²) in [4.78, 5) is 25.4. The lowest BCUT2D eigenvalue weighted by atomic mass is 9.92. The molecule has 31 heavy (non-hydrogen) atoms. The van der Waals surface area contributed by atoms with Gasteiger partial charge in [0.2, 0.25) is 5.88 Å². The number of aliphatic hydroxyl groups is 1. The lowest BCUT2D eigenvalue weighted by molar-refractivity contribution is 0.0138. The maximum Gasteiger partial charge on any atom is 0.410 e. The zero-order valence-corrected chi connectivity index (χ0v) is 19.7. The Balaban J connectivity index is 1.43. The number of fused-ring (bicyclic) bond motifs is 3. The monoisotopic (exact) mass is 447 g/mol. The van der Waals surface area contributed by atoms with Gasteiger partial charge in [0, 0.05) is 24.6 Å². The van der Waals surface area contributed by atoms with Gasteiger partial charge in [0.25, 0.3) is 0 Å². The predicted molar refractivity (Wildman–Crippen MR) is 121 cm³/mol. The van der Waals surface area contributed by atoms with E-state index in [-0.39, 0.29) is 24.8 Å². The summed E-state index contributed by atoms with van der Waals surface area (Å²) in [5.74, 6) is 1.04. The molecule has 1 atom stereocenters. The molecule has 7 nitrogen and oxygen atoms in total. The first-order valence-corrected chi connectivity index (χ1v) is 12.1. The van der Waals surface area contributed by atoms with Crippen molar-refractivity contribution >= 4 is 27.6 Å². The number of hydrogen-bond donors (Lipinski definition) is 1. The topological polar surface area (TPSA) is 84.8 Å². The minimum atomic E-state index is -0.487. The van der Waals surface area contributed by atoms with Gasteiger partial charge >= 0.3 is 6.09 Å². The normalized spacial score (nSPS) is 23.6. The van der Waals surface area contributed by atoms with Gasteiger partial charge in [-0.25, -0.2) is 14.8 Å². The zero-order chi connectivity index (χ0) is 22.2. The van der Waals surface area contributed by atoms with Crippen LogP contribution in [0.25, 0.3) is 10.2 Å². The van der Waals surface area contributed by atoms with Crippen molar-refractivity contribution in [3.8, 4) is 5.88 Å². The highest BCUT2D eigenvalue weighted by Gasteiger charge is 2.33. The SMILES string of the molecule is CN(C(=O)OC(C)(C)C)C1CCC(Oc2ncnc3sc4c(c23)C(CCO)CC4)CC1. The Hall–Kier alpha value is -1.93. The molecule has 2 aromatic rings. The van der Waals surface area contributed by atoms with E-state index in [1.54, 1.807) is 22.6 Å². The number of carbonyl (C=O) groups excluding carboxylic acids is 1. The van der Waals surface area contributed by atoms with Crippen molar-refractivity contribution in [2.75, 3.05) is 13.7 Å². The minimum absolute atomic E-state index is 0.0784. The van der Waals surface area contributed by atoms with Crippen LogP contribution in [0.4, 0.5) is 4.79 Å². The molecule has 2 aromatic heterocycles. The van der Waals surface area contributed by atoms with Gasteiger partial charge in [-0.15, -0.1) is 11.3 Å². The van der Waals surface area contributed by atoms with E-state index in [4.69, 9.17) is 9.47 Å². The van der Waals surface area contributed by atoms with Crippen LogP contribution < -0.4 is 4.74 Å². The van der Waals surface area contributed by atoms with Crippen molar-refractivity contribution in [1.82, 2.24) is 14.9 Å². The highest BCUT2D eigenvalue weighted by atomic mass is 32.1. The number of aliphatic hydroxyl groups excluding tert-OH is 1. The van der Waals surface area contributed by atoms with Gasteiger partial charge in [0.1, 0.15) is 22.9 Å². The van der Waals surface area contributed by atoms with Crippen molar-refractivity contribution in [3.05, 3.63) is 16.8 Å². The molecule has 2 heterocycles. The summed E-state index contributed by atoms with van der Waals surface area (Å²) in [5.41, 5.74) is 0.807. The zero-order valence-electron chi connectivity index (χ0n) is 18.9. The van der Waals surface area contributed by atoms with Gasteiger partial charge in [0.05, 0.1) is 5.39 Å². The Morgan fingerprint density at radius 1 is 1.23 bits per heavy atom. The van der Waals surface area contributed by atoms with Gasteiger partial charge < -0.3 is 19.5 Å². The molecule has 1 N–H and O–H groups in total. The molecule has 1 unspecified atom stereocenters. The van der Waals surface area contributed by atoms with Crippen molar-refractivity contribution in [2.45, 2.75) is 89.4 Å². The molecule has 0 aliphatic heterocycles. The number of aromatic nitrogens is 2. The van der Waals surface area contributed by atoms with Crippen molar-refractivity contribution in [2.24, 2.45) is 0 Å². The molecule has 170 valence electrons. The summed E-state index contributed by atoms with van der Waals surface area (Å²) in [6.45, 7) is 5.86. The first kappa shape index (κ1) is 22.3. The van der Waals surface area contributed by atoms with E-state index in [0.29, 0.717) is 11.8 Å². The van der Waals surface area contributed by atoms with Crippen LogP contribution in [0.3, 0.4) is 0 Å². The van der Waals surface area contributed by atoms with E-state index >= 15 is 0 Å². The number of rotatable bonds is 5. The molecule has 4 rings (SSSR count). The Labute approximate surface area is 187 Å². The number of ether oxygens (including phenoxy) is 2. The van der Waals surface area contributed by atoms with E-state index in [0.717, 1.165) is 55.2 Å². The Morgan fingerprint density at radius 3 is 2.65 bits per heavy atom. The second-order valence-electron chi connectivity index (χ2n) is 9.69. The van der Waals surface area contributed by atoms with Crippen LogP contribution in [0, 0.1) is 0 Å². The van der Waals surface area contributed by atoms with E-state index in [1.807, 2.05) is 27.8 Å². The quantitative estimate of drug-likeness (QED) is 0.718. The number of amides is 1. The fraction of sp³-hybridized carbons (Fsp3) is 0.696. The molecule has 2 aliphatic rings. The van der Waals surface area contributed by atoms with E-state index in [1.165, 1.54) is 10.4 Å². The van der Waals surface area contributed by atoms with E-state index in [9.17, 15) is 9.90 Å². The second-order valence-corrected chi connectivity index (χ2v) is 10.8. The van der Waals surface area contributed by atoms with Gasteiger partial charge in [0.15, 0.2) is 0 Å². The molecule has 0 spiro atoms. The summed E-state index contributed by atoms with van der Waals surface area (Å²) < 4.78 is 11.9. The summed E-state index contributed by atoms with van der Waals surface area (Å²) in [5, 5.41) is 10.5. The molecular formula is C23H33N3O4S. The van der Waals surface area contributed by atoms with Crippen LogP contribution in [0.5, 0.6) is 5.88 Å².